The highest BCUT2D eigenvalue weighted by Crippen LogP contribution is 2.27. The molecule has 3 aliphatic heterocycles. The molecule has 27 heavy (non-hydrogen) atoms. The van der Waals surface area contributed by atoms with Crippen molar-refractivity contribution >= 4 is 11.8 Å². The average molecular weight is 373 g/mol. The molecule has 6 heteroatoms. The van der Waals surface area contributed by atoms with Crippen molar-refractivity contribution < 1.29 is 14.0 Å². The fourth-order valence-corrected chi connectivity index (χ4v) is 4.90. The first-order valence-corrected chi connectivity index (χ1v) is 10.5. The molecule has 0 aliphatic carbocycles. The van der Waals surface area contributed by atoms with Crippen molar-refractivity contribution in [1.82, 2.24) is 14.7 Å². The number of carbonyl (C=O) groups is 2. The van der Waals surface area contributed by atoms with Gasteiger partial charge in [0.2, 0.25) is 5.91 Å². The fourth-order valence-electron chi connectivity index (χ4n) is 4.90. The molecule has 0 radical (unpaired) electrons. The summed E-state index contributed by atoms with van der Waals surface area (Å²) in [6, 6.07) is 2.33. The van der Waals surface area contributed by atoms with Crippen molar-refractivity contribution in [1.29, 1.82) is 0 Å². The molecule has 3 saturated heterocycles. The molecule has 3 aliphatic rings. The third-order valence-electron chi connectivity index (χ3n) is 6.54. The maximum absolute atomic E-state index is 12.8. The predicted octanol–water partition coefficient (Wildman–Crippen LogP) is 2.53. The summed E-state index contributed by atoms with van der Waals surface area (Å²) in [4.78, 5) is 31.9. The summed E-state index contributed by atoms with van der Waals surface area (Å²) >= 11 is 0. The molecule has 0 bridgehead atoms. The molecule has 148 valence electrons. The zero-order valence-corrected chi connectivity index (χ0v) is 16.4. The van der Waals surface area contributed by atoms with Gasteiger partial charge in [-0.15, -0.1) is 0 Å². The first kappa shape index (κ1) is 18.5. The van der Waals surface area contributed by atoms with Crippen LogP contribution >= 0.6 is 0 Å². The molecule has 1 aromatic rings. The molecule has 0 aromatic carbocycles. The monoisotopic (exact) mass is 373 g/mol. The van der Waals surface area contributed by atoms with Crippen LogP contribution < -0.4 is 0 Å². The van der Waals surface area contributed by atoms with Crippen LogP contribution in [0.3, 0.4) is 0 Å². The van der Waals surface area contributed by atoms with Crippen LogP contribution in [-0.4, -0.2) is 71.8 Å². The lowest BCUT2D eigenvalue weighted by molar-refractivity contribution is -0.136. The molecule has 4 heterocycles. The molecule has 0 spiro atoms. The molecule has 0 saturated carbocycles. The van der Waals surface area contributed by atoms with Crippen LogP contribution in [0.25, 0.3) is 0 Å². The Morgan fingerprint density at radius 1 is 0.963 bits per heavy atom. The Morgan fingerprint density at radius 3 is 2.37 bits per heavy atom. The third-order valence-corrected chi connectivity index (χ3v) is 6.54. The highest BCUT2D eigenvalue weighted by molar-refractivity contribution is 5.92. The van der Waals surface area contributed by atoms with Crippen LogP contribution in [0.15, 0.2) is 16.7 Å². The molecule has 1 atom stereocenters. The Balaban J connectivity index is 1.30. The molecule has 2 amide bonds. The number of hydrogen-bond acceptors (Lipinski definition) is 4. The van der Waals surface area contributed by atoms with Crippen LogP contribution in [0, 0.1) is 12.8 Å². The molecule has 6 nitrogen and oxygen atoms in total. The largest absolute Gasteiger partial charge is 0.459 e. The quantitative estimate of drug-likeness (QED) is 0.817. The Kier molecular flexibility index (Phi) is 5.53. The van der Waals surface area contributed by atoms with Crippen molar-refractivity contribution in [3.05, 3.63) is 23.7 Å². The van der Waals surface area contributed by atoms with Gasteiger partial charge in [0, 0.05) is 44.3 Å². The molecular formula is C21H31N3O3. The number of carbonyl (C=O) groups excluding carboxylic acids is 2. The van der Waals surface area contributed by atoms with E-state index in [1.807, 2.05) is 17.9 Å². The minimum absolute atomic E-state index is 0.0108. The van der Waals surface area contributed by atoms with Gasteiger partial charge in [0.25, 0.3) is 5.91 Å². The lowest BCUT2D eigenvalue weighted by atomic mass is 9.93. The number of nitrogens with zero attached hydrogens (tertiary/aromatic N) is 3. The van der Waals surface area contributed by atoms with E-state index in [-0.39, 0.29) is 11.8 Å². The summed E-state index contributed by atoms with van der Waals surface area (Å²) in [7, 11) is 0. The summed E-state index contributed by atoms with van der Waals surface area (Å²) in [5.74, 6) is 1.03. The Bertz CT molecular complexity index is 672. The smallest absolute Gasteiger partial charge is 0.289 e. The standard InChI is InChI=1S/C21H31N3O3/c1-16-8-14-27-19(16)21(26)23-12-6-18(7-13-23)24-11-4-5-17(15-24)20(25)22-9-2-3-10-22/h8,14,17-18H,2-7,9-13,15H2,1H3. The molecule has 3 fully saturated rings. The van der Waals surface area contributed by atoms with Gasteiger partial charge in [0.05, 0.1) is 12.2 Å². The van der Waals surface area contributed by atoms with Crippen molar-refractivity contribution in [3.8, 4) is 0 Å². The highest BCUT2D eigenvalue weighted by Gasteiger charge is 2.35. The van der Waals surface area contributed by atoms with E-state index in [4.69, 9.17) is 4.42 Å². The van der Waals surface area contributed by atoms with Gasteiger partial charge in [-0.1, -0.05) is 0 Å². The summed E-state index contributed by atoms with van der Waals surface area (Å²) in [5.41, 5.74) is 0.904. The minimum atomic E-state index is 0.0108. The van der Waals surface area contributed by atoms with Crippen molar-refractivity contribution in [2.24, 2.45) is 5.92 Å². The number of piperidine rings is 2. The second-order valence-electron chi connectivity index (χ2n) is 8.32. The molecule has 4 rings (SSSR count). The van der Waals surface area contributed by atoms with Crippen molar-refractivity contribution in [2.45, 2.75) is 51.5 Å². The Labute approximate surface area is 161 Å². The van der Waals surface area contributed by atoms with Crippen LogP contribution in [0.1, 0.15) is 54.6 Å². The lowest BCUT2D eigenvalue weighted by Gasteiger charge is -2.42. The van der Waals surface area contributed by atoms with E-state index in [9.17, 15) is 9.59 Å². The highest BCUT2D eigenvalue weighted by atomic mass is 16.3. The first-order valence-electron chi connectivity index (χ1n) is 10.5. The van der Waals surface area contributed by atoms with Gasteiger partial charge in [0.15, 0.2) is 5.76 Å². The SMILES string of the molecule is Cc1ccoc1C(=O)N1CCC(N2CCCC(C(=O)N3CCCC3)C2)CC1. The Morgan fingerprint density at radius 2 is 1.70 bits per heavy atom. The van der Waals surface area contributed by atoms with Gasteiger partial charge in [-0.25, -0.2) is 0 Å². The van der Waals surface area contributed by atoms with Gasteiger partial charge in [-0.3, -0.25) is 14.5 Å². The fraction of sp³-hybridized carbons (Fsp3) is 0.714. The van der Waals surface area contributed by atoms with Gasteiger partial charge in [-0.05, 0) is 58.1 Å². The molecular weight excluding hydrogens is 342 g/mol. The van der Waals surface area contributed by atoms with E-state index in [0.29, 0.717) is 17.7 Å². The predicted molar refractivity (Wildman–Crippen MR) is 102 cm³/mol. The van der Waals surface area contributed by atoms with Crippen molar-refractivity contribution in [3.63, 3.8) is 0 Å². The van der Waals surface area contributed by atoms with Crippen molar-refractivity contribution in [2.75, 3.05) is 39.3 Å². The lowest BCUT2D eigenvalue weighted by Crippen LogP contribution is -2.51. The average Bonchev–Trinajstić information content (AvgIpc) is 3.39. The van der Waals surface area contributed by atoms with Gasteiger partial charge in [0.1, 0.15) is 0 Å². The molecule has 1 unspecified atom stereocenters. The second-order valence-corrected chi connectivity index (χ2v) is 8.32. The van der Waals surface area contributed by atoms with Crippen LogP contribution in [0.4, 0.5) is 0 Å². The van der Waals surface area contributed by atoms with Gasteiger partial charge in [-0.2, -0.15) is 0 Å². The van der Waals surface area contributed by atoms with E-state index < -0.39 is 0 Å². The zero-order valence-electron chi connectivity index (χ0n) is 16.4. The number of likely N-dealkylation sites (tertiary alicyclic amines) is 3. The van der Waals surface area contributed by atoms with E-state index >= 15 is 0 Å². The molecule has 0 N–H and O–H groups in total. The number of rotatable bonds is 3. The summed E-state index contributed by atoms with van der Waals surface area (Å²) < 4.78 is 5.37. The number of aryl methyl sites for hydroxylation is 1. The van der Waals surface area contributed by atoms with Crippen LogP contribution in [0.5, 0.6) is 0 Å². The normalized spacial score (nSPS) is 25.1. The van der Waals surface area contributed by atoms with Crippen LogP contribution in [0.2, 0.25) is 0 Å². The number of hydrogen-bond donors (Lipinski definition) is 0. The number of furan rings is 1. The third kappa shape index (κ3) is 3.91. The maximum Gasteiger partial charge on any atom is 0.289 e. The summed E-state index contributed by atoms with van der Waals surface area (Å²) in [6.45, 7) is 7.32. The second kappa shape index (κ2) is 8.05. The zero-order chi connectivity index (χ0) is 18.8. The van der Waals surface area contributed by atoms with Gasteiger partial charge >= 0.3 is 0 Å². The van der Waals surface area contributed by atoms with E-state index in [1.165, 1.54) is 0 Å². The molecule has 1 aromatic heterocycles. The summed E-state index contributed by atoms with van der Waals surface area (Å²) in [6.07, 6.45) is 8.00. The topological polar surface area (TPSA) is 57.0 Å². The minimum Gasteiger partial charge on any atom is -0.459 e. The number of amides is 2. The Hall–Kier alpha value is -1.82. The maximum atomic E-state index is 12.8. The first-order chi connectivity index (χ1) is 13.1. The van der Waals surface area contributed by atoms with Gasteiger partial charge < -0.3 is 14.2 Å². The summed E-state index contributed by atoms with van der Waals surface area (Å²) in [5, 5.41) is 0. The van der Waals surface area contributed by atoms with E-state index in [0.717, 1.165) is 83.4 Å². The van der Waals surface area contributed by atoms with E-state index in [2.05, 4.69) is 9.80 Å². The van der Waals surface area contributed by atoms with Crippen LogP contribution in [-0.2, 0) is 4.79 Å². The van der Waals surface area contributed by atoms with E-state index in [1.54, 1.807) is 6.26 Å².